The molecule has 0 aliphatic heterocycles. The van der Waals surface area contributed by atoms with Crippen LogP contribution in [0.25, 0.3) is 5.69 Å². The molecule has 9 nitrogen and oxygen atoms in total. The van der Waals surface area contributed by atoms with Crippen LogP contribution in [0.3, 0.4) is 0 Å². The number of para-hydroxylation sites is 1. The molecule has 1 aromatic heterocycles. The zero-order chi connectivity index (χ0) is 21.7. The van der Waals surface area contributed by atoms with E-state index < -0.39 is 28.9 Å². The Morgan fingerprint density at radius 3 is 2.40 bits per heavy atom. The van der Waals surface area contributed by atoms with E-state index in [4.69, 9.17) is 9.47 Å². The zero-order valence-electron chi connectivity index (χ0n) is 16.5. The summed E-state index contributed by atoms with van der Waals surface area (Å²) in [5.74, 6) is -1.14. The molecule has 0 saturated heterocycles. The van der Waals surface area contributed by atoms with Gasteiger partial charge in [-0.3, -0.25) is 20.0 Å². The van der Waals surface area contributed by atoms with Crippen molar-refractivity contribution < 1.29 is 19.2 Å². The average molecular weight is 411 g/mol. The van der Waals surface area contributed by atoms with E-state index in [0.717, 1.165) is 0 Å². The van der Waals surface area contributed by atoms with Crippen molar-refractivity contribution in [3.8, 4) is 11.4 Å². The fraction of sp³-hybridized carbons (Fsp3) is 0.238. The van der Waals surface area contributed by atoms with Gasteiger partial charge in [-0.05, 0) is 36.8 Å². The van der Waals surface area contributed by atoms with E-state index >= 15 is 0 Å². The largest absolute Gasteiger partial charge is 0.497 e. The molecular formula is C21H21N3O6. The Balaban J connectivity index is 2.22. The lowest BCUT2D eigenvalue weighted by Crippen LogP contribution is -2.24. The van der Waals surface area contributed by atoms with E-state index in [0.29, 0.717) is 17.0 Å². The Bertz CT molecular complexity index is 1090. The van der Waals surface area contributed by atoms with Crippen molar-refractivity contribution in [1.29, 1.82) is 0 Å². The molecule has 1 unspecified atom stereocenters. The van der Waals surface area contributed by atoms with Crippen LogP contribution in [0, 0.1) is 10.1 Å². The maximum absolute atomic E-state index is 13.3. The quantitative estimate of drug-likeness (QED) is 0.346. The van der Waals surface area contributed by atoms with Crippen molar-refractivity contribution in [2.45, 2.75) is 12.8 Å². The highest BCUT2D eigenvalue weighted by molar-refractivity contribution is 5.89. The first-order valence-electron chi connectivity index (χ1n) is 9.29. The van der Waals surface area contributed by atoms with E-state index in [9.17, 15) is 19.7 Å². The number of hydrogen-bond donors (Lipinski definition) is 1. The van der Waals surface area contributed by atoms with Crippen LogP contribution >= 0.6 is 0 Å². The van der Waals surface area contributed by atoms with Gasteiger partial charge in [-0.25, -0.2) is 9.48 Å². The number of esters is 1. The lowest BCUT2D eigenvalue weighted by Gasteiger charge is -2.13. The van der Waals surface area contributed by atoms with Crippen molar-refractivity contribution in [2.75, 3.05) is 20.3 Å². The third-order valence-electron chi connectivity index (χ3n) is 4.62. The molecule has 0 fully saturated rings. The predicted molar refractivity (Wildman–Crippen MR) is 109 cm³/mol. The molecule has 0 radical (unpaired) electrons. The van der Waals surface area contributed by atoms with Crippen LogP contribution in [-0.4, -0.2) is 40.9 Å². The first kappa shape index (κ1) is 20.8. The van der Waals surface area contributed by atoms with Gasteiger partial charge in [0.2, 0.25) is 6.54 Å². The molecule has 30 heavy (non-hydrogen) atoms. The molecule has 0 aliphatic rings. The lowest BCUT2D eigenvalue weighted by atomic mass is 9.91. The van der Waals surface area contributed by atoms with Gasteiger partial charge >= 0.3 is 5.97 Å². The molecule has 2 aromatic carbocycles. The predicted octanol–water partition coefficient (Wildman–Crippen LogP) is 2.76. The Morgan fingerprint density at radius 1 is 1.17 bits per heavy atom. The number of aromatic amines is 1. The Morgan fingerprint density at radius 2 is 1.83 bits per heavy atom. The van der Waals surface area contributed by atoms with E-state index in [-0.39, 0.29) is 17.9 Å². The Kier molecular flexibility index (Phi) is 6.31. The first-order valence-corrected chi connectivity index (χ1v) is 9.29. The topological polar surface area (TPSA) is 116 Å². The number of carbonyl (C=O) groups is 1. The Labute approximate surface area is 172 Å². The average Bonchev–Trinajstić information content (AvgIpc) is 3.10. The van der Waals surface area contributed by atoms with E-state index in [2.05, 4.69) is 5.10 Å². The second kappa shape index (κ2) is 9.08. The van der Waals surface area contributed by atoms with Gasteiger partial charge in [0.25, 0.3) is 5.56 Å². The molecule has 0 saturated carbocycles. The van der Waals surface area contributed by atoms with Gasteiger partial charge in [0.15, 0.2) is 0 Å². The molecule has 9 heteroatoms. The fourth-order valence-corrected chi connectivity index (χ4v) is 3.24. The van der Waals surface area contributed by atoms with Crippen molar-refractivity contribution in [2.24, 2.45) is 0 Å². The van der Waals surface area contributed by atoms with Crippen LogP contribution in [0.1, 0.15) is 34.5 Å². The van der Waals surface area contributed by atoms with Crippen molar-refractivity contribution >= 4 is 5.97 Å². The summed E-state index contributed by atoms with van der Waals surface area (Å²) in [5, 5.41) is 14.2. The minimum absolute atomic E-state index is 0.0147. The molecule has 0 amide bonds. The molecule has 3 aromatic rings. The number of aromatic nitrogens is 2. The molecule has 3 rings (SSSR count). The monoisotopic (exact) mass is 411 g/mol. The smallest absolute Gasteiger partial charge is 0.356 e. The minimum atomic E-state index is -0.959. The second-order valence-electron chi connectivity index (χ2n) is 6.44. The number of rotatable bonds is 8. The summed E-state index contributed by atoms with van der Waals surface area (Å²) in [4.78, 5) is 36.8. The summed E-state index contributed by atoms with van der Waals surface area (Å²) in [6.07, 6.45) is 0. The summed E-state index contributed by atoms with van der Waals surface area (Å²) in [6, 6.07) is 15.2. The van der Waals surface area contributed by atoms with Gasteiger partial charge in [-0.2, -0.15) is 0 Å². The molecule has 1 heterocycles. The standard InChI is InChI=1S/C21H21N3O6/c1-3-30-21(26)19-18(20(25)24(22-19)15-7-5-4-6-8-15)17(13-23(27)28)14-9-11-16(29-2)12-10-14/h4-12,17,22H,3,13H2,1-2H3. The number of nitro groups is 1. The molecule has 0 spiro atoms. The molecule has 1 N–H and O–H groups in total. The molecule has 0 bridgehead atoms. The highest BCUT2D eigenvalue weighted by atomic mass is 16.6. The van der Waals surface area contributed by atoms with Crippen molar-refractivity contribution in [3.05, 3.63) is 91.9 Å². The summed E-state index contributed by atoms with van der Waals surface area (Å²) < 4.78 is 11.4. The third-order valence-corrected chi connectivity index (χ3v) is 4.62. The summed E-state index contributed by atoms with van der Waals surface area (Å²) >= 11 is 0. The van der Waals surface area contributed by atoms with Gasteiger partial charge in [0, 0.05) is 4.92 Å². The highest BCUT2D eigenvalue weighted by Crippen LogP contribution is 2.27. The lowest BCUT2D eigenvalue weighted by molar-refractivity contribution is -0.481. The van der Waals surface area contributed by atoms with E-state index in [1.165, 1.54) is 11.8 Å². The minimum Gasteiger partial charge on any atom is -0.497 e. The van der Waals surface area contributed by atoms with E-state index in [1.54, 1.807) is 61.5 Å². The van der Waals surface area contributed by atoms with Crippen molar-refractivity contribution in [1.82, 2.24) is 9.78 Å². The fourth-order valence-electron chi connectivity index (χ4n) is 3.24. The molecular weight excluding hydrogens is 390 g/mol. The summed E-state index contributed by atoms with van der Waals surface area (Å²) in [7, 11) is 1.51. The molecule has 0 aliphatic carbocycles. The van der Waals surface area contributed by atoms with Gasteiger partial charge in [-0.15, -0.1) is 0 Å². The maximum Gasteiger partial charge on any atom is 0.356 e. The first-order chi connectivity index (χ1) is 14.5. The third kappa shape index (κ3) is 4.24. The normalized spacial score (nSPS) is 11.7. The number of ether oxygens (including phenoxy) is 2. The number of carbonyl (C=O) groups excluding carboxylic acids is 1. The van der Waals surface area contributed by atoms with E-state index in [1.807, 2.05) is 0 Å². The number of nitrogens with one attached hydrogen (secondary N) is 1. The van der Waals surface area contributed by atoms with Gasteiger partial charge in [0.05, 0.1) is 30.9 Å². The van der Waals surface area contributed by atoms with Crippen LogP contribution in [0.5, 0.6) is 5.75 Å². The second-order valence-corrected chi connectivity index (χ2v) is 6.44. The number of hydrogen-bond acceptors (Lipinski definition) is 6. The zero-order valence-corrected chi connectivity index (χ0v) is 16.5. The SMILES string of the molecule is CCOC(=O)c1[nH]n(-c2ccccc2)c(=O)c1C(C[N+](=O)[O-])c1ccc(OC)cc1. The number of methoxy groups -OCH3 is 1. The number of H-pyrrole nitrogens is 1. The van der Waals surface area contributed by atoms with Gasteiger partial charge in [-0.1, -0.05) is 30.3 Å². The highest BCUT2D eigenvalue weighted by Gasteiger charge is 2.32. The van der Waals surface area contributed by atoms with Crippen LogP contribution in [-0.2, 0) is 4.74 Å². The van der Waals surface area contributed by atoms with Gasteiger partial charge in [0.1, 0.15) is 11.4 Å². The number of nitrogens with zero attached hydrogens (tertiary/aromatic N) is 2. The maximum atomic E-state index is 13.3. The Hall–Kier alpha value is -3.88. The number of benzene rings is 2. The summed E-state index contributed by atoms with van der Waals surface area (Å²) in [5.41, 5.74) is 0.336. The molecule has 1 atom stereocenters. The van der Waals surface area contributed by atoms with Crippen LogP contribution in [0.15, 0.2) is 59.4 Å². The van der Waals surface area contributed by atoms with Crippen LogP contribution in [0.2, 0.25) is 0 Å². The van der Waals surface area contributed by atoms with Crippen LogP contribution in [0.4, 0.5) is 0 Å². The van der Waals surface area contributed by atoms with Crippen LogP contribution < -0.4 is 10.3 Å². The summed E-state index contributed by atoms with van der Waals surface area (Å²) in [6.45, 7) is 1.17. The van der Waals surface area contributed by atoms with Gasteiger partial charge < -0.3 is 9.47 Å². The molecule has 156 valence electrons. The van der Waals surface area contributed by atoms with Crippen molar-refractivity contribution in [3.63, 3.8) is 0 Å².